The molecule has 1 aliphatic heterocycles. The van der Waals surface area contributed by atoms with Crippen LogP contribution in [0.5, 0.6) is 0 Å². The van der Waals surface area contributed by atoms with Crippen LogP contribution >= 0.6 is 22.9 Å². The van der Waals surface area contributed by atoms with Gasteiger partial charge in [0.15, 0.2) is 21.0 Å². The van der Waals surface area contributed by atoms with Crippen molar-refractivity contribution in [3.8, 4) is 10.8 Å². The zero-order chi connectivity index (χ0) is 23.5. The highest BCUT2D eigenvalue weighted by molar-refractivity contribution is 7.89. The first-order valence-electron chi connectivity index (χ1n) is 10.4. The van der Waals surface area contributed by atoms with Gasteiger partial charge in [-0.05, 0) is 51.3 Å². The molecule has 3 aromatic rings. The third kappa shape index (κ3) is 4.30. The van der Waals surface area contributed by atoms with E-state index in [-0.39, 0.29) is 26.9 Å². The summed E-state index contributed by atoms with van der Waals surface area (Å²) in [6.07, 6.45) is 2.86. The summed E-state index contributed by atoms with van der Waals surface area (Å²) in [4.78, 5) is 4.39. The average Bonchev–Trinajstić information content (AvgIpc) is 3.14. The topological polar surface area (TPSA) is 101 Å². The summed E-state index contributed by atoms with van der Waals surface area (Å²) < 4.78 is 57.0. The maximum atomic E-state index is 13.2. The summed E-state index contributed by atoms with van der Waals surface area (Å²) in [5, 5.41) is 10.5. The normalized spacial score (nSPS) is 20.4. The van der Waals surface area contributed by atoms with Gasteiger partial charge in [0.25, 0.3) is 6.43 Å². The molecule has 0 bridgehead atoms. The summed E-state index contributed by atoms with van der Waals surface area (Å²) in [6.45, 7) is 4.58. The Balaban J connectivity index is 1.74. The minimum atomic E-state index is -3.86. The van der Waals surface area contributed by atoms with Crippen LogP contribution < -0.4 is 10.0 Å². The van der Waals surface area contributed by atoms with E-state index >= 15 is 0 Å². The van der Waals surface area contributed by atoms with E-state index in [1.54, 1.807) is 6.07 Å². The van der Waals surface area contributed by atoms with Gasteiger partial charge in [-0.25, -0.2) is 26.9 Å². The van der Waals surface area contributed by atoms with Crippen LogP contribution in [0.4, 0.5) is 8.78 Å². The van der Waals surface area contributed by atoms with E-state index in [2.05, 4.69) is 25.2 Å². The second kappa shape index (κ2) is 8.05. The number of pyridine rings is 1. The van der Waals surface area contributed by atoms with Gasteiger partial charge >= 0.3 is 0 Å². The van der Waals surface area contributed by atoms with Crippen molar-refractivity contribution in [2.45, 2.75) is 56.0 Å². The van der Waals surface area contributed by atoms with Crippen LogP contribution in [0, 0.1) is 0 Å². The number of rotatable bonds is 6. The number of nitrogens with one attached hydrogen (secondary N) is 2. The number of hydrogen-bond donors (Lipinski definition) is 2. The molecule has 0 saturated heterocycles. The molecule has 0 aromatic carbocycles. The molecule has 2 aliphatic rings. The number of aromatic nitrogens is 4. The maximum absolute atomic E-state index is 13.2. The van der Waals surface area contributed by atoms with Gasteiger partial charge < -0.3 is 5.32 Å². The zero-order valence-electron chi connectivity index (χ0n) is 17.8. The predicted octanol–water partition coefficient (Wildman–Crippen LogP) is 4.04. The molecule has 0 amide bonds. The van der Waals surface area contributed by atoms with Crippen molar-refractivity contribution < 1.29 is 17.2 Å². The second-order valence-electron chi connectivity index (χ2n) is 8.63. The summed E-state index contributed by atoms with van der Waals surface area (Å²) in [7, 11) is -3.86. The third-order valence-corrected chi connectivity index (χ3v) is 8.63. The molecule has 5 rings (SSSR count). The van der Waals surface area contributed by atoms with Gasteiger partial charge in [0.1, 0.15) is 0 Å². The average molecular weight is 515 g/mol. The second-order valence-corrected chi connectivity index (χ2v) is 11.7. The highest BCUT2D eigenvalue weighted by atomic mass is 35.5. The van der Waals surface area contributed by atoms with Crippen LogP contribution in [0.25, 0.3) is 21.9 Å². The number of nitrogens with zero attached hydrogens (tertiary/aromatic N) is 4. The molecule has 2 N–H and O–H groups in total. The van der Waals surface area contributed by atoms with Crippen LogP contribution in [0.15, 0.2) is 23.2 Å². The molecule has 4 heterocycles. The molecule has 3 aromatic heterocycles. The van der Waals surface area contributed by atoms with Crippen molar-refractivity contribution in [2.75, 3.05) is 6.54 Å². The van der Waals surface area contributed by atoms with Crippen LogP contribution in [-0.2, 0) is 10.0 Å². The van der Waals surface area contributed by atoms with Crippen molar-refractivity contribution in [3.05, 3.63) is 34.1 Å². The van der Waals surface area contributed by atoms with E-state index in [4.69, 9.17) is 11.6 Å². The van der Waals surface area contributed by atoms with Crippen molar-refractivity contribution in [1.29, 1.82) is 0 Å². The Morgan fingerprint density at radius 2 is 2.12 bits per heavy atom. The van der Waals surface area contributed by atoms with E-state index in [0.29, 0.717) is 28.8 Å². The first-order valence-corrected chi connectivity index (χ1v) is 13.1. The van der Waals surface area contributed by atoms with E-state index in [1.807, 2.05) is 19.9 Å². The number of fused-ring (bicyclic) bond motifs is 1. The van der Waals surface area contributed by atoms with Gasteiger partial charge in [0.05, 0.1) is 10.4 Å². The molecule has 1 saturated carbocycles. The quantitative estimate of drug-likeness (QED) is 0.515. The molecule has 1 fully saturated rings. The molecule has 33 heavy (non-hydrogen) atoms. The SMILES string of the molecule is C[C@@H]1C=C(c2cc(S(=O)(=O)NC3(C)CC3)cn3c(-c4nnc(C(F)F)s4)nc(Cl)c23)CCN1. The van der Waals surface area contributed by atoms with E-state index in [1.165, 1.54) is 10.6 Å². The summed E-state index contributed by atoms with van der Waals surface area (Å²) >= 11 is 7.20. The maximum Gasteiger partial charge on any atom is 0.291 e. The summed E-state index contributed by atoms with van der Waals surface area (Å²) in [6, 6.07) is 1.70. The Bertz CT molecular complexity index is 1380. The van der Waals surface area contributed by atoms with Crippen molar-refractivity contribution in [2.24, 2.45) is 0 Å². The Labute approximate surface area is 198 Å². The molecule has 1 atom stereocenters. The van der Waals surface area contributed by atoms with Crippen LogP contribution in [0.1, 0.15) is 50.1 Å². The fourth-order valence-electron chi connectivity index (χ4n) is 3.88. The Morgan fingerprint density at radius 3 is 2.76 bits per heavy atom. The molecule has 176 valence electrons. The number of halogens is 3. The van der Waals surface area contributed by atoms with Crippen molar-refractivity contribution in [3.63, 3.8) is 0 Å². The lowest BCUT2D eigenvalue weighted by Gasteiger charge is -2.21. The van der Waals surface area contributed by atoms with E-state index in [9.17, 15) is 17.2 Å². The van der Waals surface area contributed by atoms with E-state index in [0.717, 1.165) is 25.0 Å². The number of alkyl halides is 2. The molecule has 8 nitrogen and oxygen atoms in total. The molecule has 1 aliphatic carbocycles. The molecule has 0 radical (unpaired) electrons. The van der Waals surface area contributed by atoms with Crippen molar-refractivity contribution >= 4 is 44.1 Å². The fourth-order valence-corrected chi connectivity index (χ4v) is 6.32. The highest BCUT2D eigenvalue weighted by Crippen LogP contribution is 2.39. The summed E-state index contributed by atoms with van der Waals surface area (Å²) in [5.41, 5.74) is 1.60. The van der Waals surface area contributed by atoms with Gasteiger partial charge in [-0.3, -0.25) is 4.40 Å². The molecule has 13 heteroatoms. The highest BCUT2D eigenvalue weighted by Gasteiger charge is 2.41. The predicted molar refractivity (Wildman–Crippen MR) is 122 cm³/mol. The van der Waals surface area contributed by atoms with Gasteiger partial charge in [0.2, 0.25) is 10.0 Å². The minimum Gasteiger partial charge on any atom is -0.310 e. The Morgan fingerprint density at radius 1 is 1.36 bits per heavy atom. The van der Waals surface area contributed by atoms with Crippen LogP contribution in [-0.4, -0.2) is 46.1 Å². The lowest BCUT2D eigenvalue weighted by Crippen LogP contribution is -2.34. The largest absolute Gasteiger partial charge is 0.310 e. The Hall–Kier alpha value is -1.99. The van der Waals surface area contributed by atoms with Gasteiger partial charge in [0, 0.05) is 23.3 Å². The minimum absolute atomic E-state index is 0.0409. The molecular formula is C20H21ClF2N6O2S2. The third-order valence-electron chi connectivity index (χ3n) is 5.83. The van der Waals surface area contributed by atoms with Gasteiger partial charge in [-0.2, -0.15) is 0 Å². The van der Waals surface area contributed by atoms with Gasteiger partial charge in [-0.1, -0.05) is 29.0 Å². The van der Waals surface area contributed by atoms with E-state index < -0.39 is 27.0 Å². The van der Waals surface area contributed by atoms with Crippen LogP contribution in [0.3, 0.4) is 0 Å². The molecule has 0 unspecified atom stereocenters. The van der Waals surface area contributed by atoms with Gasteiger partial charge in [-0.15, -0.1) is 10.2 Å². The smallest absolute Gasteiger partial charge is 0.291 e. The van der Waals surface area contributed by atoms with Crippen LogP contribution in [0.2, 0.25) is 5.15 Å². The standard InChI is InChI=1S/C20H21ClF2N6O2S2/c1-10-7-11(3-6-24-10)13-8-12(33(30,31)28-20(2)4-5-20)9-29-14(13)15(21)25-17(29)19-27-26-18(32-19)16(22)23/h7-10,16,24,28H,3-6H2,1-2H3/t10-/m1/s1. The summed E-state index contributed by atoms with van der Waals surface area (Å²) in [5.74, 6) is 0.165. The number of sulfonamides is 1. The fraction of sp³-hybridized carbons (Fsp3) is 0.450. The lowest BCUT2D eigenvalue weighted by atomic mass is 9.97. The molecule has 0 spiro atoms. The number of imidazole rings is 1. The zero-order valence-corrected chi connectivity index (χ0v) is 20.2. The number of hydrogen-bond acceptors (Lipinski definition) is 7. The first kappa shape index (κ1) is 22.8. The monoisotopic (exact) mass is 514 g/mol. The first-order chi connectivity index (χ1) is 15.6. The Kier molecular flexibility index (Phi) is 5.56. The lowest BCUT2D eigenvalue weighted by molar-refractivity contribution is 0.150. The van der Waals surface area contributed by atoms with Crippen molar-refractivity contribution in [1.82, 2.24) is 29.6 Å². The molecular weight excluding hydrogens is 494 g/mol.